The van der Waals surface area contributed by atoms with Crippen LogP contribution in [0.25, 0.3) is 0 Å². The number of hydrogen-bond donors (Lipinski definition) is 1. The zero-order valence-electron chi connectivity index (χ0n) is 11.1. The third kappa shape index (κ3) is 2.12. The molecule has 0 bridgehead atoms. The van der Waals surface area contributed by atoms with Gasteiger partial charge in [0, 0.05) is 36.5 Å². The van der Waals surface area contributed by atoms with E-state index in [9.17, 15) is 4.79 Å². The number of nitrogens with zero attached hydrogens (tertiary/aromatic N) is 3. The van der Waals surface area contributed by atoms with Crippen molar-refractivity contribution in [3.8, 4) is 0 Å². The van der Waals surface area contributed by atoms with E-state index < -0.39 is 0 Å². The highest BCUT2D eigenvalue weighted by atomic mass is 16.2. The third-order valence-corrected chi connectivity index (χ3v) is 3.54. The molecule has 98 valence electrons. The molecule has 1 aliphatic heterocycles. The number of rotatable bonds is 1. The fourth-order valence-electron chi connectivity index (χ4n) is 2.48. The van der Waals surface area contributed by atoms with Crippen LogP contribution in [0.15, 0.2) is 18.3 Å². The topological polar surface area (TPSA) is 61.9 Å². The van der Waals surface area contributed by atoms with E-state index in [0.29, 0.717) is 12.1 Å². The summed E-state index contributed by atoms with van der Waals surface area (Å²) < 4.78 is 0. The standard InChI is InChI=1S/C14H16N4O/c1-9-3-4-12(10(2)16-9)14(19)18-6-5-13-11(8-18)7-15-17-13/h3-4,7H,5-6,8H2,1-2H3,(H,15,17). The monoisotopic (exact) mass is 256 g/mol. The van der Waals surface area contributed by atoms with E-state index >= 15 is 0 Å². The highest BCUT2D eigenvalue weighted by molar-refractivity contribution is 5.95. The molecule has 0 saturated carbocycles. The number of pyridine rings is 1. The van der Waals surface area contributed by atoms with Gasteiger partial charge in [-0.3, -0.25) is 14.9 Å². The molecule has 1 amide bonds. The summed E-state index contributed by atoms with van der Waals surface area (Å²) in [5.41, 5.74) is 4.67. The summed E-state index contributed by atoms with van der Waals surface area (Å²) in [5, 5.41) is 7.00. The average molecular weight is 256 g/mol. The van der Waals surface area contributed by atoms with Crippen molar-refractivity contribution in [1.29, 1.82) is 0 Å². The molecular weight excluding hydrogens is 240 g/mol. The molecule has 5 nitrogen and oxygen atoms in total. The van der Waals surface area contributed by atoms with Gasteiger partial charge in [0.2, 0.25) is 0 Å². The Morgan fingerprint density at radius 1 is 1.37 bits per heavy atom. The molecule has 5 heteroatoms. The van der Waals surface area contributed by atoms with E-state index in [4.69, 9.17) is 0 Å². The van der Waals surface area contributed by atoms with Crippen LogP contribution in [0.2, 0.25) is 0 Å². The molecule has 19 heavy (non-hydrogen) atoms. The molecule has 3 heterocycles. The first-order valence-corrected chi connectivity index (χ1v) is 6.40. The number of carbonyl (C=O) groups is 1. The maximum absolute atomic E-state index is 12.5. The maximum atomic E-state index is 12.5. The zero-order chi connectivity index (χ0) is 13.4. The Bertz CT molecular complexity index is 632. The summed E-state index contributed by atoms with van der Waals surface area (Å²) in [5.74, 6) is 0.0526. The van der Waals surface area contributed by atoms with E-state index in [-0.39, 0.29) is 5.91 Å². The Hall–Kier alpha value is -2.17. The molecule has 0 fully saturated rings. The summed E-state index contributed by atoms with van der Waals surface area (Å²) in [4.78, 5) is 18.7. The van der Waals surface area contributed by atoms with Crippen molar-refractivity contribution < 1.29 is 4.79 Å². The van der Waals surface area contributed by atoms with Gasteiger partial charge in [-0.15, -0.1) is 0 Å². The minimum absolute atomic E-state index is 0.0526. The molecule has 0 aromatic carbocycles. The molecule has 0 aliphatic carbocycles. The van der Waals surface area contributed by atoms with Gasteiger partial charge in [0.25, 0.3) is 5.91 Å². The first-order chi connectivity index (χ1) is 9.15. The van der Waals surface area contributed by atoms with E-state index in [1.807, 2.05) is 30.9 Å². The van der Waals surface area contributed by atoms with E-state index in [2.05, 4.69) is 15.2 Å². The number of carbonyl (C=O) groups excluding carboxylic acids is 1. The number of aryl methyl sites for hydroxylation is 2. The van der Waals surface area contributed by atoms with Gasteiger partial charge in [-0.1, -0.05) is 0 Å². The molecule has 3 rings (SSSR count). The van der Waals surface area contributed by atoms with Crippen LogP contribution < -0.4 is 0 Å². The van der Waals surface area contributed by atoms with E-state index in [0.717, 1.165) is 35.6 Å². The number of aromatic nitrogens is 3. The highest BCUT2D eigenvalue weighted by Gasteiger charge is 2.24. The second-order valence-corrected chi connectivity index (χ2v) is 4.94. The number of fused-ring (bicyclic) bond motifs is 1. The molecule has 0 atom stereocenters. The van der Waals surface area contributed by atoms with Gasteiger partial charge in [-0.05, 0) is 26.0 Å². The number of aromatic amines is 1. The average Bonchev–Trinajstić information content (AvgIpc) is 2.85. The molecule has 1 aliphatic rings. The van der Waals surface area contributed by atoms with E-state index in [1.165, 1.54) is 0 Å². The van der Waals surface area contributed by atoms with Gasteiger partial charge in [0.05, 0.1) is 17.5 Å². The SMILES string of the molecule is Cc1ccc(C(=O)N2CCc3[nH]ncc3C2)c(C)n1. The minimum atomic E-state index is 0.0526. The minimum Gasteiger partial charge on any atom is -0.334 e. The second-order valence-electron chi connectivity index (χ2n) is 4.94. The number of amides is 1. The smallest absolute Gasteiger partial charge is 0.256 e. The van der Waals surface area contributed by atoms with Crippen molar-refractivity contribution in [1.82, 2.24) is 20.1 Å². The maximum Gasteiger partial charge on any atom is 0.256 e. The van der Waals surface area contributed by atoms with Crippen molar-refractivity contribution in [2.75, 3.05) is 6.54 Å². The summed E-state index contributed by atoms with van der Waals surface area (Å²) in [6.45, 7) is 5.16. The summed E-state index contributed by atoms with van der Waals surface area (Å²) in [6.07, 6.45) is 2.63. The van der Waals surface area contributed by atoms with Crippen molar-refractivity contribution >= 4 is 5.91 Å². The van der Waals surface area contributed by atoms with Crippen LogP contribution in [0.4, 0.5) is 0 Å². The van der Waals surface area contributed by atoms with Gasteiger partial charge >= 0.3 is 0 Å². The first kappa shape index (κ1) is 11.9. The summed E-state index contributed by atoms with van der Waals surface area (Å²) >= 11 is 0. The lowest BCUT2D eigenvalue weighted by atomic mass is 10.1. The number of H-pyrrole nitrogens is 1. The van der Waals surface area contributed by atoms with E-state index in [1.54, 1.807) is 6.20 Å². The fourth-order valence-corrected chi connectivity index (χ4v) is 2.48. The first-order valence-electron chi connectivity index (χ1n) is 6.40. The van der Waals surface area contributed by atoms with Crippen molar-refractivity contribution in [2.24, 2.45) is 0 Å². The predicted molar refractivity (Wildman–Crippen MR) is 70.7 cm³/mol. The Balaban J connectivity index is 1.85. The van der Waals surface area contributed by atoms with Crippen LogP contribution >= 0.6 is 0 Å². The van der Waals surface area contributed by atoms with Crippen LogP contribution in [0.5, 0.6) is 0 Å². The van der Waals surface area contributed by atoms with Crippen LogP contribution in [0, 0.1) is 13.8 Å². The molecule has 0 saturated heterocycles. The van der Waals surface area contributed by atoms with Gasteiger partial charge in [0.15, 0.2) is 0 Å². The van der Waals surface area contributed by atoms with Crippen molar-refractivity contribution in [3.05, 3.63) is 46.5 Å². The van der Waals surface area contributed by atoms with Crippen molar-refractivity contribution in [3.63, 3.8) is 0 Å². The molecule has 0 spiro atoms. The van der Waals surface area contributed by atoms with Crippen LogP contribution in [0.1, 0.15) is 33.0 Å². The number of hydrogen-bond acceptors (Lipinski definition) is 3. The van der Waals surface area contributed by atoms with Gasteiger partial charge < -0.3 is 4.90 Å². The largest absolute Gasteiger partial charge is 0.334 e. The normalized spacial score (nSPS) is 14.3. The van der Waals surface area contributed by atoms with Gasteiger partial charge in [-0.2, -0.15) is 5.10 Å². The Labute approximate surface area is 111 Å². The zero-order valence-corrected chi connectivity index (χ0v) is 11.1. The quantitative estimate of drug-likeness (QED) is 0.843. The van der Waals surface area contributed by atoms with Crippen LogP contribution in [-0.2, 0) is 13.0 Å². The fraction of sp³-hybridized carbons (Fsp3) is 0.357. The summed E-state index contributed by atoms with van der Waals surface area (Å²) in [6, 6.07) is 3.75. The molecule has 1 N–H and O–H groups in total. The van der Waals surface area contributed by atoms with Crippen molar-refractivity contribution in [2.45, 2.75) is 26.8 Å². The molecule has 0 radical (unpaired) electrons. The molecule has 2 aromatic rings. The van der Waals surface area contributed by atoms with Gasteiger partial charge in [0.1, 0.15) is 0 Å². The second kappa shape index (κ2) is 4.50. The van der Waals surface area contributed by atoms with Gasteiger partial charge in [-0.25, -0.2) is 0 Å². The Morgan fingerprint density at radius 2 is 2.21 bits per heavy atom. The predicted octanol–water partition coefficient (Wildman–Crippen LogP) is 1.62. The molecular formula is C14H16N4O. The molecule has 2 aromatic heterocycles. The highest BCUT2D eigenvalue weighted by Crippen LogP contribution is 2.19. The lowest BCUT2D eigenvalue weighted by Crippen LogP contribution is -2.36. The lowest BCUT2D eigenvalue weighted by Gasteiger charge is -2.27. The number of nitrogens with one attached hydrogen (secondary N) is 1. The lowest BCUT2D eigenvalue weighted by molar-refractivity contribution is 0.0733. The third-order valence-electron chi connectivity index (χ3n) is 3.54. The Morgan fingerprint density at radius 3 is 3.00 bits per heavy atom. The van der Waals surface area contributed by atoms with Crippen LogP contribution in [-0.4, -0.2) is 32.5 Å². The summed E-state index contributed by atoms with van der Waals surface area (Å²) in [7, 11) is 0. The molecule has 0 unspecified atom stereocenters. The van der Waals surface area contributed by atoms with Crippen LogP contribution in [0.3, 0.4) is 0 Å². The Kier molecular flexibility index (Phi) is 2.81.